The number of piperazine rings is 2. The Morgan fingerprint density at radius 3 is 1.95 bits per heavy atom. The SMILES string of the molecule is C1CCC(N2CCNCC2)CC1.COC1=CC2C=C(OC)C(=O)NC2C=C1.COc1ccc2[nH]c(=O)c(C(c3nnnn3CCc3ccccc3)N3CCN(C4CCCCC4)CC3)cc2c1.C[Si](C)(C)N=[N+]=[N-].[C-]#[N+]CCc1ccccc1. The molecule has 3 aliphatic heterocycles. The van der Waals surface area contributed by atoms with E-state index in [9.17, 15) is 9.59 Å². The van der Waals surface area contributed by atoms with Crippen molar-refractivity contribution in [3.8, 4) is 5.75 Å². The maximum Gasteiger partial charge on any atom is 0.286 e. The maximum absolute atomic E-state index is 13.6. The normalized spacial score (nSPS) is 19.9. The third kappa shape index (κ3) is 19.8. The number of hydrogen-bond donors (Lipinski definition) is 3. The molecule has 444 valence electrons. The third-order valence-corrected chi connectivity index (χ3v) is 16.6. The fourth-order valence-corrected chi connectivity index (χ4v) is 11.8. The van der Waals surface area contributed by atoms with E-state index in [4.69, 9.17) is 26.3 Å². The number of aromatic nitrogens is 5. The quantitative estimate of drug-likeness (QED) is 0.0312. The average Bonchev–Trinajstić information content (AvgIpc) is 4.02. The molecule has 3 unspecified atom stereocenters. The number of ether oxygens (including phenoxy) is 3. The van der Waals surface area contributed by atoms with Crippen molar-refractivity contribution in [3.05, 3.63) is 175 Å². The number of rotatable bonds is 14. The molecule has 0 spiro atoms. The molecule has 5 heterocycles. The number of aromatic amines is 1. The van der Waals surface area contributed by atoms with Crippen LogP contribution < -0.4 is 20.9 Å². The van der Waals surface area contributed by atoms with Crippen molar-refractivity contribution in [1.29, 1.82) is 0 Å². The van der Waals surface area contributed by atoms with Crippen LogP contribution >= 0.6 is 0 Å². The van der Waals surface area contributed by atoms with Crippen molar-refractivity contribution in [2.24, 2.45) is 10.7 Å². The van der Waals surface area contributed by atoms with Crippen molar-refractivity contribution < 1.29 is 19.0 Å². The lowest BCUT2D eigenvalue weighted by Crippen LogP contribution is -2.52. The van der Waals surface area contributed by atoms with E-state index >= 15 is 0 Å². The molecule has 6 aliphatic rings. The van der Waals surface area contributed by atoms with Crippen LogP contribution in [-0.4, -0.2) is 152 Å². The van der Waals surface area contributed by atoms with Crippen molar-refractivity contribution in [1.82, 2.24) is 50.5 Å². The lowest BCUT2D eigenvalue weighted by atomic mass is 9.91. The molecular formula is C63H88N14O5Si. The Hall–Kier alpha value is -7.11. The molecule has 20 heteroatoms. The van der Waals surface area contributed by atoms with Crippen LogP contribution in [0.5, 0.6) is 5.75 Å². The molecule has 3 atom stereocenters. The largest absolute Gasteiger partial charge is 0.497 e. The number of aryl methyl sites for hydroxylation is 2. The van der Waals surface area contributed by atoms with Crippen molar-refractivity contribution >= 4 is 25.0 Å². The number of methoxy groups -OCH3 is 3. The molecule has 3 N–H and O–H groups in total. The molecule has 2 aromatic heterocycles. The minimum absolute atomic E-state index is 0.00954. The second-order valence-electron chi connectivity index (χ2n) is 22.8. The molecule has 19 nitrogen and oxygen atoms in total. The van der Waals surface area contributed by atoms with Gasteiger partial charge in [0, 0.05) is 99.8 Å². The highest BCUT2D eigenvalue weighted by Gasteiger charge is 2.35. The zero-order valence-corrected chi connectivity index (χ0v) is 50.8. The fraction of sp³-hybridized carbons (Fsp3) is 0.524. The van der Waals surface area contributed by atoms with Gasteiger partial charge in [-0.05, 0) is 107 Å². The average molecular weight is 1150 g/mol. The minimum Gasteiger partial charge on any atom is -0.497 e. The summed E-state index contributed by atoms with van der Waals surface area (Å²) in [6.45, 7) is 22.5. The maximum atomic E-state index is 13.6. The number of allylic oxidation sites excluding steroid dienone is 1. The van der Waals surface area contributed by atoms with Crippen LogP contribution in [-0.2, 0) is 33.7 Å². The first kappa shape index (κ1) is 63.5. The molecule has 5 aromatic rings. The summed E-state index contributed by atoms with van der Waals surface area (Å²) in [5.74, 6) is 2.57. The van der Waals surface area contributed by atoms with E-state index in [1.807, 2.05) is 121 Å². The van der Waals surface area contributed by atoms with Crippen LogP contribution in [0.4, 0.5) is 0 Å². The number of hydrogen-bond acceptors (Lipinski definition) is 13. The predicted molar refractivity (Wildman–Crippen MR) is 331 cm³/mol. The highest BCUT2D eigenvalue weighted by molar-refractivity contribution is 6.74. The molecule has 83 heavy (non-hydrogen) atoms. The van der Waals surface area contributed by atoms with Gasteiger partial charge in [-0.25, -0.2) is 11.3 Å². The fourth-order valence-electron chi connectivity index (χ4n) is 11.5. The number of nitrogens with one attached hydrogen (secondary N) is 3. The van der Waals surface area contributed by atoms with Gasteiger partial charge in [0.05, 0.1) is 27.4 Å². The highest BCUT2D eigenvalue weighted by Crippen LogP contribution is 2.31. The third-order valence-electron chi connectivity index (χ3n) is 15.9. The number of carbonyl (C=O) groups is 1. The topological polar surface area (TPSA) is 208 Å². The smallest absolute Gasteiger partial charge is 0.286 e. The van der Waals surface area contributed by atoms with E-state index in [0.29, 0.717) is 36.3 Å². The molecule has 0 radical (unpaired) electrons. The first-order valence-corrected chi connectivity index (χ1v) is 33.2. The number of pyridine rings is 1. The first-order chi connectivity index (χ1) is 40.4. The van der Waals surface area contributed by atoms with Gasteiger partial charge >= 0.3 is 0 Å². The molecule has 0 bridgehead atoms. The molecule has 1 amide bonds. The summed E-state index contributed by atoms with van der Waals surface area (Å²) < 4.78 is 21.0. The van der Waals surface area contributed by atoms with E-state index in [1.165, 1.54) is 109 Å². The number of nitrogens with zero attached hydrogens (tertiary/aromatic N) is 11. The summed E-state index contributed by atoms with van der Waals surface area (Å²) in [7, 11) is 3.32. The number of tetrazole rings is 1. The van der Waals surface area contributed by atoms with Gasteiger partial charge in [-0.15, -0.1) is 9.88 Å². The minimum atomic E-state index is -1.45. The van der Waals surface area contributed by atoms with Gasteiger partial charge in [-0.3, -0.25) is 24.3 Å². The summed E-state index contributed by atoms with van der Waals surface area (Å²) in [6, 6.07) is 29.4. The summed E-state index contributed by atoms with van der Waals surface area (Å²) in [4.78, 5) is 41.8. The van der Waals surface area contributed by atoms with Gasteiger partial charge in [-0.1, -0.05) is 125 Å². The van der Waals surface area contributed by atoms with Crippen LogP contribution in [0.15, 0.2) is 130 Å². The Labute approximate surface area is 492 Å². The Bertz CT molecular complexity index is 3000. The zero-order chi connectivity index (χ0) is 58.8. The van der Waals surface area contributed by atoms with Crippen molar-refractivity contribution in [3.63, 3.8) is 0 Å². The van der Waals surface area contributed by atoms with Crippen LogP contribution in [0.2, 0.25) is 19.6 Å². The molecule has 4 fully saturated rings. The van der Waals surface area contributed by atoms with E-state index in [2.05, 4.69) is 72.5 Å². The summed E-state index contributed by atoms with van der Waals surface area (Å²) in [5, 5.41) is 20.1. The number of azide groups is 1. The van der Waals surface area contributed by atoms with Gasteiger partial charge in [0.1, 0.15) is 25.8 Å². The first-order valence-electron chi connectivity index (χ1n) is 29.8. The second-order valence-corrected chi connectivity index (χ2v) is 27.3. The molecule has 2 saturated heterocycles. The van der Waals surface area contributed by atoms with E-state index in [0.717, 1.165) is 67.5 Å². The zero-order valence-electron chi connectivity index (χ0n) is 49.8. The van der Waals surface area contributed by atoms with Gasteiger partial charge in [0.15, 0.2) is 11.6 Å². The number of fused-ring (bicyclic) bond motifs is 2. The Morgan fingerprint density at radius 2 is 1.39 bits per heavy atom. The molecule has 3 aromatic carbocycles. The molecule has 11 rings (SSSR count). The Kier molecular flexibility index (Phi) is 25.4. The Balaban J connectivity index is 0.000000182. The highest BCUT2D eigenvalue weighted by atomic mass is 28.3. The lowest BCUT2D eigenvalue weighted by molar-refractivity contribution is -0.121. The second kappa shape index (κ2) is 33.2. The lowest BCUT2D eigenvalue weighted by Gasteiger charge is -2.43. The number of benzene rings is 3. The number of carbonyl (C=O) groups excluding carboxylic acids is 1. The summed E-state index contributed by atoms with van der Waals surface area (Å²) in [6.07, 6.45) is 23.2. The van der Waals surface area contributed by atoms with Crippen molar-refractivity contribution in [2.75, 3.05) is 80.2 Å². The van der Waals surface area contributed by atoms with E-state index in [-0.39, 0.29) is 29.5 Å². The van der Waals surface area contributed by atoms with Gasteiger partial charge in [-0.2, -0.15) is 0 Å². The van der Waals surface area contributed by atoms with Crippen LogP contribution in [0, 0.1) is 12.5 Å². The summed E-state index contributed by atoms with van der Waals surface area (Å²) in [5.41, 5.74) is 11.7. The number of amides is 1. The van der Waals surface area contributed by atoms with E-state index in [1.54, 1.807) is 14.2 Å². The van der Waals surface area contributed by atoms with Gasteiger partial charge in [0.25, 0.3) is 11.5 Å². The van der Waals surface area contributed by atoms with Crippen LogP contribution in [0.1, 0.15) is 92.8 Å². The standard InChI is InChI=1S/C30H37N7O2.C11H13NO3.C10H20N2.C9H9N.C3H9N3Si/c1-39-25-12-13-27-23(20-25)21-26(30(38)31-27)28(36-18-16-35(17-19-36)24-10-6-3-7-11-24)29-32-33-34-37(29)15-14-22-8-4-2-5-9-22;1-14-8-3-4-9-7(5-8)6-10(15-2)11(13)12-9;1-2-4-10(5-3-1)12-8-6-11-7-9-12;1-10-8-7-9-5-3-2-4-6-9;1-7(2,3)6-5-4/h2,4-5,8-9,12-13,20-21,24,28H,3,6-7,10-11,14-19H2,1H3,(H,31,38);3-7,9H,1-2H3,(H,12,13);10-11H,1-9H2;2-6H,7-8H2;1-3H3. The van der Waals surface area contributed by atoms with Gasteiger partial charge < -0.3 is 34.7 Å². The molecular weight excluding hydrogens is 1060 g/mol. The van der Waals surface area contributed by atoms with Gasteiger partial charge in [0.2, 0.25) is 6.54 Å². The molecule has 2 saturated carbocycles. The van der Waals surface area contributed by atoms with Crippen LogP contribution in [0.25, 0.3) is 26.2 Å². The predicted octanol–water partition coefficient (Wildman–Crippen LogP) is 10.0. The van der Waals surface area contributed by atoms with Crippen LogP contribution in [0.3, 0.4) is 0 Å². The molecule has 3 aliphatic carbocycles. The van der Waals surface area contributed by atoms with E-state index < -0.39 is 8.24 Å². The van der Waals surface area contributed by atoms with Crippen molar-refractivity contribution in [2.45, 2.75) is 127 Å². The number of H-pyrrole nitrogens is 1. The Morgan fingerprint density at radius 1 is 0.759 bits per heavy atom. The summed E-state index contributed by atoms with van der Waals surface area (Å²) >= 11 is 0. The monoisotopic (exact) mass is 1150 g/mol.